The number of aromatic nitrogens is 2. The Hall–Kier alpha value is -2.17. The van der Waals surface area contributed by atoms with Crippen molar-refractivity contribution in [3.8, 4) is 0 Å². The van der Waals surface area contributed by atoms with Gasteiger partial charge in [0.2, 0.25) is 17.8 Å². The number of benzene rings is 1. The average Bonchev–Trinajstić information content (AvgIpc) is 2.78. The Morgan fingerprint density at radius 3 is 2.61 bits per heavy atom. The fraction of sp³-hybridized carbons (Fsp3) is 0.308. The average molecular weight is 243 g/mol. The summed E-state index contributed by atoms with van der Waals surface area (Å²) in [6, 6.07) is 7.44. The quantitative estimate of drug-likeness (QED) is 0.777. The Kier molecular flexibility index (Phi) is 2.08. The molecule has 0 radical (unpaired) electrons. The van der Waals surface area contributed by atoms with Crippen LogP contribution in [0, 0.1) is 5.41 Å². The van der Waals surface area contributed by atoms with Crippen molar-refractivity contribution in [1.29, 1.82) is 0 Å². The zero-order chi connectivity index (χ0) is 12.9. The molecule has 0 aliphatic carbocycles. The first-order chi connectivity index (χ1) is 8.49. The second-order valence-corrected chi connectivity index (χ2v) is 5.17. The predicted octanol–water partition coefficient (Wildman–Crippen LogP) is 1.85. The largest absolute Gasteiger partial charge is 0.323 e. The number of amides is 2. The summed E-state index contributed by atoms with van der Waals surface area (Å²) >= 11 is 0. The Labute approximate surface area is 104 Å². The van der Waals surface area contributed by atoms with E-state index < -0.39 is 5.41 Å². The zero-order valence-corrected chi connectivity index (χ0v) is 10.2. The molecule has 1 N–H and O–H groups in total. The molecule has 1 aliphatic heterocycles. The van der Waals surface area contributed by atoms with Gasteiger partial charge < -0.3 is 4.98 Å². The molecule has 5 nitrogen and oxygen atoms in total. The molecule has 1 saturated heterocycles. The van der Waals surface area contributed by atoms with Gasteiger partial charge in [-0.3, -0.25) is 9.59 Å². The molecule has 2 heterocycles. The van der Waals surface area contributed by atoms with Crippen LogP contribution in [0.1, 0.15) is 20.3 Å². The van der Waals surface area contributed by atoms with Crippen LogP contribution in [-0.2, 0) is 9.59 Å². The topological polar surface area (TPSA) is 66.1 Å². The van der Waals surface area contributed by atoms with Crippen molar-refractivity contribution in [2.45, 2.75) is 20.3 Å². The SMILES string of the molecule is CC1(C)CC(=O)N(c2nc3ccccc3[nH]2)C1=O. The number of para-hydroxylation sites is 2. The first-order valence-electron chi connectivity index (χ1n) is 5.81. The van der Waals surface area contributed by atoms with Crippen molar-refractivity contribution in [2.24, 2.45) is 5.41 Å². The van der Waals surface area contributed by atoms with E-state index in [1.54, 1.807) is 13.8 Å². The number of fused-ring (bicyclic) bond motifs is 1. The summed E-state index contributed by atoms with van der Waals surface area (Å²) in [5, 5.41) is 0. The number of carbonyl (C=O) groups excluding carboxylic acids is 2. The maximum absolute atomic E-state index is 12.2. The lowest BCUT2D eigenvalue weighted by atomic mass is 9.92. The molecule has 1 aliphatic rings. The number of H-pyrrole nitrogens is 1. The maximum Gasteiger partial charge on any atom is 0.242 e. The van der Waals surface area contributed by atoms with E-state index in [0.717, 1.165) is 15.9 Å². The zero-order valence-electron chi connectivity index (χ0n) is 10.2. The number of hydrogen-bond acceptors (Lipinski definition) is 3. The van der Waals surface area contributed by atoms with Gasteiger partial charge in [0.25, 0.3) is 0 Å². The molecular formula is C13H13N3O2. The van der Waals surface area contributed by atoms with Crippen molar-refractivity contribution in [3.63, 3.8) is 0 Å². The number of rotatable bonds is 1. The van der Waals surface area contributed by atoms with E-state index in [2.05, 4.69) is 9.97 Å². The fourth-order valence-electron chi connectivity index (χ4n) is 2.21. The summed E-state index contributed by atoms with van der Waals surface area (Å²) in [7, 11) is 0. The molecule has 0 spiro atoms. The first kappa shape index (κ1) is 11.0. The van der Waals surface area contributed by atoms with Gasteiger partial charge >= 0.3 is 0 Å². The molecule has 0 saturated carbocycles. The molecule has 2 aromatic rings. The molecule has 5 heteroatoms. The highest BCUT2D eigenvalue weighted by atomic mass is 16.2. The number of carbonyl (C=O) groups is 2. The van der Waals surface area contributed by atoms with E-state index in [0.29, 0.717) is 5.95 Å². The van der Waals surface area contributed by atoms with Gasteiger partial charge in [-0.15, -0.1) is 0 Å². The molecule has 18 heavy (non-hydrogen) atoms. The van der Waals surface area contributed by atoms with Crippen molar-refractivity contribution < 1.29 is 9.59 Å². The van der Waals surface area contributed by atoms with Crippen LogP contribution in [-0.4, -0.2) is 21.8 Å². The lowest BCUT2D eigenvalue weighted by Gasteiger charge is -2.14. The van der Waals surface area contributed by atoms with Gasteiger partial charge in [-0.1, -0.05) is 26.0 Å². The third kappa shape index (κ3) is 1.44. The Balaban J connectivity index is 2.10. The van der Waals surface area contributed by atoms with Crippen molar-refractivity contribution >= 4 is 28.8 Å². The number of imidazole rings is 1. The van der Waals surface area contributed by atoms with Gasteiger partial charge in [-0.25, -0.2) is 9.88 Å². The number of nitrogens with one attached hydrogen (secondary N) is 1. The van der Waals surface area contributed by atoms with Gasteiger partial charge in [0.15, 0.2) is 0 Å². The van der Waals surface area contributed by atoms with Gasteiger partial charge in [-0.05, 0) is 12.1 Å². The first-order valence-corrected chi connectivity index (χ1v) is 5.81. The highest BCUT2D eigenvalue weighted by Crippen LogP contribution is 2.34. The van der Waals surface area contributed by atoms with Gasteiger partial charge in [0, 0.05) is 6.42 Å². The lowest BCUT2D eigenvalue weighted by Crippen LogP contribution is -2.33. The lowest BCUT2D eigenvalue weighted by molar-refractivity contribution is -0.124. The Morgan fingerprint density at radius 2 is 2.00 bits per heavy atom. The summed E-state index contributed by atoms with van der Waals surface area (Å²) < 4.78 is 0. The van der Waals surface area contributed by atoms with Crippen LogP contribution in [0.25, 0.3) is 11.0 Å². The maximum atomic E-state index is 12.2. The van der Waals surface area contributed by atoms with Gasteiger partial charge in [0.05, 0.1) is 16.4 Å². The van der Waals surface area contributed by atoms with E-state index in [1.807, 2.05) is 24.3 Å². The predicted molar refractivity (Wildman–Crippen MR) is 67.0 cm³/mol. The molecule has 1 fully saturated rings. The summed E-state index contributed by atoms with van der Waals surface area (Å²) in [5.74, 6) is -0.0904. The van der Waals surface area contributed by atoms with E-state index >= 15 is 0 Å². The van der Waals surface area contributed by atoms with Crippen molar-refractivity contribution in [2.75, 3.05) is 4.90 Å². The summed E-state index contributed by atoms with van der Waals surface area (Å²) in [6.45, 7) is 3.55. The van der Waals surface area contributed by atoms with Gasteiger partial charge in [-0.2, -0.15) is 0 Å². The molecule has 1 aromatic carbocycles. The third-order valence-electron chi connectivity index (χ3n) is 3.21. The minimum atomic E-state index is -0.643. The van der Waals surface area contributed by atoms with Crippen LogP contribution in [0.4, 0.5) is 5.95 Å². The number of anilines is 1. The van der Waals surface area contributed by atoms with E-state index in [-0.39, 0.29) is 18.2 Å². The fourth-order valence-corrected chi connectivity index (χ4v) is 2.21. The monoisotopic (exact) mass is 243 g/mol. The molecule has 92 valence electrons. The normalized spacial score (nSPS) is 18.9. The second-order valence-electron chi connectivity index (χ2n) is 5.17. The van der Waals surface area contributed by atoms with E-state index in [9.17, 15) is 9.59 Å². The van der Waals surface area contributed by atoms with Crippen molar-refractivity contribution in [3.05, 3.63) is 24.3 Å². The van der Waals surface area contributed by atoms with Crippen LogP contribution in [0.3, 0.4) is 0 Å². The Bertz CT molecular complexity index is 624. The van der Waals surface area contributed by atoms with Crippen LogP contribution >= 0.6 is 0 Å². The van der Waals surface area contributed by atoms with Crippen molar-refractivity contribution in [1.82, 2.24) is 9.97 Å². The van der Waals surface area contributed by atoms with E-state index in [4.69, 9.17) is 0 Å². The number of nitrogens with zero attached hydrogens (tertiary/aromatic N) is 2. The minimum absolute atomic E-state index is 0.202. The molecule has 0 unspecified atom stereocenters. The number of hydrogen-bond donors (Lipinski definition) is 1. The Morgan fingerprint density at radius 1 is 1.28 bits per heavy atom. The van der Waals surface area contributed by atoms with Crippen LogP contribution in [0.2, 0.25) is 0 Å². The smallest absolute Gasteiger partial charge is 0.242 e. The molecular weight excluding hydrogens is 230 g/mol. The molecule has 2 amide bonds. The van der Waals surface area contributed by atoms with Crippen LogP contribution in [0.5, 0.6) is 0 Å². The summed E-state index contributed by atoms with van der Waals surface area (Å²) in [5.41, 5.74) is 0.923. The van der Waals surface area contributed by atoms with Crippen LogP contribution < -0.4 is 4.90 Å². The standard InChI is InChI=1S/C13H13N3O2/c1-13(2)7-10(17)16(11(13)18)12-14-8-5-3-4-6-9(8)15-12/h3-6H,7H2,1-2H3,(H,14,15). The van der Waals surface area contributed by atoms with Gasteiger partial charge in [0.1, 0.15) is 0 Å². The highest BCUT2D eigenvalue weighted by Gasteiger charge is 2.46. The van der Waals surface area contributed by atoms with E-state index in [1.165, 1.54) is 0 Å². The second kappa shape index (κ2) is 3.41. The number of aromatic amines is 1. The molecule has 1 aromatic heterocycles. The summed E-state index contributed by atoms with van der Waals surface area (Å²) in [6.07, 6.45) is 0.225. The molecule has 0 bridgehead atoms. The molecule has 3 rings (SSSR count). The van der Waals surface area contributed by atoms with Crippen LogP contribution in [0.15, 0.2) is 24.3 Å². The number of imide groups is 1. The highest BCUT2D eigenvalue weighted by molar-refractivity contribution is 6.21. The minimum Gasteiger partial charge on any atom is -0.323 e. The summed E-state index contributed by atoms with van der Waals surface area (Å²) in [4.78, 5) is 32.5. The third-order valence-corrected chi connectivity index (χ3v) is 3.21. The molecule has 0 atom stereocenters.